The molecule has 2 N–H and O–H groups in total. The van der Waals surface area contributed by atoms with Crippen LogP contribution in [0.1, 0.15) is 25.2 Å². The molecule has 0 fully saturated rings. The Morgan fingerprint density at radius 3 is 2.56 bits per heavy atom. The summed E-state index contributed by atoms with van der Waals surface area (Å²) in [4.78, 5) is 1.06. The number of hydrogen-bond donors (Lipinski definition) is 2. The Bertz CT molecular complexity index is 536. The number of allylic oxidation sites excluding steroid dienone is 1. The van der Waals surface area contributed by atoms with Gasteiger partial charge in [0.2, 0.25) is 0 Å². The summed E-state index contributed by atoms with van der Waals surface area (Å²) in [7, 11) is 1.90. The predicted octanol–water partition coefficient (Wildman–Crippen LogP) is 2.62. The van der Waals surface area contributed by atoms with Crippen LogP contribution in [0.25, 0.3) is 5.57 Å². The van der Waals surface area contributed by atoms with E-state index >= 15 is 0 Å². The van der Waals surface area contributed by atoms with Crippen LogP contribution in [-0.2, 0) is 7.05 Å². The first-order valence-corrected chi connectivity index (χ1v) is 5.82. The van der Waals surface area contributed by atoms with Crippen LogP contribution in [0.2, 0.25) is 0 Å². The minimum Gasteiger partial charge on any atom is -0.305 e. The molecule has 1 aromatic rings. The molecule has 84 valence electrons. The van der Waals surface area contributed by atoms with E-state index in [1.54, 1.807) is 6.92 Å². The van der Waals surface area contributed by atoms with Gasteiger partial charge in [-0.15, -0.1) is 0 Å². The second-order valence-electron chi connectivity index (χ2n) is 3.94. The Morgan fingerprint density at radius 2 is 2.00 bits per heavy atom. The van der Waals surface area contributed by atoms with Crippen LogP contribution in [0.3, 0.4) is 0 Å². The van der Waals surface area contributed by atoms with Gasteiger partial charge in [-0.25, -0.2) is 0 Å². The second-order valence-corrected chi connectivity index (χ2v) is 4.96. The van der Waals surface area contributed by atoms with Crippen LogP contribution in [0, 0.1) is 17.7 Å². The lowest BCUT2D eigenvalue weighted by Gasteiger charge is -2.04. The van der Waals surface area contributed by atoms with Gasteiger partial charge in [-0.3, -0.25) is 10.1 Å². The number of thioether (sulfide) groups is 1. The molecule has 0 spiro atoms. The highest BCUT2D eigenvalue weighted by Gasteiger charge is 2.30. The molecular weight excluding hydrogens is 220 g/mol. The molecule has 1 aliphatic rings. The van der Waals surface area contributed by atoms with Crippen molar-refractivity contribution in [2.24, 2.45) is 7.05 Å². The van der Waals surface area contributed by atoms with E-state index in [4.69, 9.17) is 10.8 Å². The molecule has 0 atom stereocenters. The number of hydrogen-bond acceptors (Lipinski definition) is 4. The van der Waals surface area contributed by atoms with Gasteiger partial charge in [0.25, 0.3) is 0 Å². The van der Waals surface area contributed by atoms with Crippen LogP contribution >= 0.6 is 11.8 Å². The Hall–Kier alpha value is -1.36. The lowest BCUT2D eigenvalue weighted by atomic mass is 10.0. The second kappa shape index (κ2) is 3.59. The fourth-order valence-corrected chi connectivity index (χ4v) is 2.75. The molecule has 1 aromatic heterocycles. The zero-order chi connectivity index (χ0) is 12.0. The maximum Gasteiger partial charge on any atom is 0.110 e. The Kier molecular flexibility index (Phi) is 2.50. The highest BCUT2D eigenvalue weighted by molar-refractivity contribution is 8.15. The van der Waals surface area contributed by atoms with Crippen LogP contribution < -0.4 is 0 Å². The normalized spacial score (nSPS) is 17.6. The first kappa shape index (κ1) is 11.1. The van der Waals surface area contributed by atoms with E-state index in [9.17, 15) is 0 Å². The maximum atomic E-state index is 7.96. The molecule has 0 unspecified atom stereocenters. The summed E-state index contributed by atoms with van der Waals surface area (Å²) < 4.78 is 1.83. The predicted molar refractivity (Wildman–Crippen MR) is 67.5 cm³/mol. The van der Waals surface area contributed by atoms with Crippen molar-refractivity contribution in [2.45, 2.75) is 25.7 Å². The van der Waals surface area contributed by atoms with Crippen molar-refractivity contribution < 1.29 is 0 Å². The molecule has 4 nitrogen and oxygen atoms in total. The molecule has 5 heteroatoms. The summed E-state index contributed by atoms with van der Waals surface area (Å²) >= 11 is 1.44. The minimum absolute atomic E-state index is 0.497. The van der Waals surface area contributed by atoms with E-state index in [0.717, 1.165) is 27.4 Å². The third-order valence-corrected chi connectivity index (χ3v) is 3.99. The molecule has 2 heterocycles. The van der Waals surface area contributed by atoms with Crippen molar-refractivity contribution in [3.05, 3.63) is 17.0 Å². The number of fused-ring (bicyclic) bond motifs is 1. The lowest BCUT2D eigenvalue weighted by Crippen LogP contribution is -2.02. The quantitative estimate of drug-likeness (QED) is 0.733. The zero-order valence-corrected chi connectivity index (χ0v) is 10.6. The average Bonchev–Trinajstić information content (AvgIpc) is 2.64. The molecule has 16 heavy (non-hydrogen) atoms. The van der Waals surface area contributed by atoms with E-state index in [0.29, 0.717) is 10.8 Å². The first-order chi connectivity index (χ1) is 7.43. The number of nitrogens with one attached hydrogen (secondary N) is 2. The SMILES string of the molecule is CC(=N)/C(C)=C1\C(=N)Sc2c1nn(C)c2C. The topological polar surface area (TPSA) is 65.5 Å². The van der Waals surface area contributed by atoms with Crippen molar-refractivity contribution >= 4 is 28.1 Å². The van der Waals surface area contributed by atoms with Gasteiger partial charge in [0, 0.05) is 24.0 Å². The van der Waals surface area contributed by atoms with Gasteiger partial charge in [-0.1, -0.05) is 11.8 Å². The molecule has 0 bridgehead atoms. The fraction of sp³-hybridized carbons (Fsp3) is 0.364. The van der Waals surface area contributed by atoms with Crippen molar-refractivity contribution in [1.29, 1.82) is 10.8 Å². The summed E-state index contributed by atoms with van der Waals surface area (Å²) in [5.41, 5.74) is 4.09. The smallest absolute Gasteiger partial charge is 0.110 e. The van der Waals surface area contributed by atoms with E-state index in [1.807, 2.05) is 25.6 Å². The molecule has 2 rings (SSSR count). The minimum atomic E-state index is 0.497. The number of aromatic nitrogens is 2. The lowest BCUT2D eigenvalue weighted by molar-refractivity contribution is 0.734. The molecule has 0 aromatic carbocycles. The Balaban J connectivity index is 2.69. The third-order valence-electron chi connectivity index (χ3n) is 2.88. The number of rotatable bonds is 1. The molecule has 0 radical (unpaired) electrons. The standard InChI is InChI=1S/C11H14N4S/c1-5(6(2)12)8-9-10(16-11(8)13)7(3)15(4)14-9/h12-13H,1-4H3/b8-5-,12-6?,13-11?. The van der Waals surface area contributed by atoms with Gasteiger partial charge in [0.1, 0.15) is 10.7 Å². The summed E-state index contributed by atoms with van der Waals surface area (Å²) in [6.45, 7) is 5.63. The Labute approximate surface area is 98.8 Å². The van der Waals surface area contributed by atoms with Crippen molar-refractivity contribution in [3.63, 3.8) is 0 Å². The van der Waals surface area contributed by atoms with E-state index < -0.39 is 0 Å². The van der Waals surface area contributed by atoms with Crippen LogP contribution in [-0.4, -0.2) is 20.5 Å². The fourth-order valence-electron chi connectivity index (χ4n) is 1.67. The molecular formula is C11H14N4S. The summed E-state index contributed by atoms with van der Waals surface area (Å²) in [6.07, 6.45) is 0. The van der Waals surface area contributed by atoms with Crippen molar-refractivity contribution in [3.8, 4) is 0 Å². The monoisotopic (exact) mass is 234 g/mol. The molecule has 0 saturated heterocycles. The maximum absolute atomic E-state index is 7.96. The first-order valence-electron chi connectivity index (χ1n) is 5.00. The molecule has 0 amide bonds. The van der Waals surface area contributed by atoms with Crippen LogP contribution in [0.15, 0.2) is 10.5 Å². The summed E-state index contributed by atoms with van der Waals surface area (Å²) in [6, 6.07) is 0. The van der Waals surface area contributed by atoms with Crippen molar-refractivity contribution in [1.82, 2.24) is 9.78 Å². The van der Waals surface area contributed by atoms with Gasteiger partial charge in [-0.05, 0) is 26.3 Å². The van der Waals surface area contributed by atoms with E-state index in [1.165, 1.54) is 11.8 Å². The molecule has 1 aliphatic heterocycles. The third kappa shape index (κ3) is 1.43. The molecule has 0 aliphatic carbocycles. The van der Waals surface area contributed by atoms with E-state index in [2.05, 4.69) is 5.10 Å². The summed E-state index contributed by atoms with van der Waals surface area (Å²) in [5, 5.41) is 20.5. The molecule has 0 saturated carbocycles. The summed E-state index contributed by atoms with van der Waals surface area (Å²) in [5.74, 6) is 0. The van der Waals surface area contributed by atoms with Crippen LogP contribution in [0.4, 0.5) is 0 Å². The van der Waals surface area contributed by atoms with Crippen molar-refractivity contribution in [2.75, 3.05) is 0 Å². The van der Waals surface area contributed by atoms with Gasteiger partial charge in [0.15, 0.2) is 0 Å². The average molecular weight is 234 g/mol. The number of aryl methyl sites for hydroxylation is 1. The zero-order valence-electron chi connectivity index (χ0n) is 9.80. The van der Waals surface area contributed by atoms with E-state index in [-0.39, 0.29) is 0 Å². The van der Waals surface area contributed by atoms with Crippen LogP contribution in [0.5, 0.6) is 0 Å². The highest BCUT2D eigenvalue weighted by Crippen LogP contribution is 2.43. The Morgan fingerprint density at radius 1 is 1.38 bits per heavy atom. The highest BCUT2D eigenvalue weighted by atomic mass is 32.2. The van der Waals surface area contributed by atoms with Gasteiger partial charge < -0.3 is 5.41 Å². The van der Waals surface area contributed by atoms with Gasteiger partial charge >= 0.3 is 0 Å². The largest absolute Gasteiger partial charge is 0.305 e. The number of nitrogens with zero attached hydrogens (tertiary/aromatic N) is 2. The van der Waals surface area contributed by atoms with Gasteiger partial charge in [-0.2, -0.15) is 5.10 Å². The van der Waals surface area contributed by atoms with Gasteiger partial charge in [0.05, 0.1) is 4.90 Å².